The summed E-state index contributed by atoms with van der Waals surface area (Å²) >= 11 is 0. The number of imide groups is 1. The van der Waals surface area contributed by atoms with Crippen LogP contribution in [0.4, 0.5) is 5.69 Å². The van der Waals surface area contributed by atoms with E-state index < -0.39 is 24.0 Å². The van der Waals surface area contributed by atoms with E-state index in [-0.39, 0.29) is 75.4 Å². The van der Waals surface area contributed by atoms with Crippen molar-refractivity contribution >= 4 is 29.3 Å². The van der Waals surface area contributed by atoms with Gasteiger partial charge in [0.15, 0.2) is 6.73 Å². The van der Waals surface area contributed by atoms with Crippen LogP contribution in [0.2, 0.25) is 0 Å². The Morgan fingerprint density at radius 2 is 1.65 bits per heavy atom. The number of carbonyl (C=O) groups excluding carboxylic acids is 4. The SMILES string of the molecule is [CH2-]Oc1[c-]ccc(CCN(C[C@H](O)C(Cc2ccccc2)NC(=O)CCc2ccc3c(c2)NCO3)C(=O)CCN2C(=O)c3ccccc3C2=O)c1.[U+2]. The molecule has 2 heterocycles. The van der Waals surface area contributed by atoms with E-state index >= 15 is 0 Å². The number of rotatable bonds is 16. The van der Waals surface area contributed by atoms with E-state index in [0.29, 0.717) is 42.9 Å². The fourth-order valence-electron chi connectivity index (χ4n) is 6.35. The predicted molar refractivity (Wildman–Crippen MR) is 190 cm³/mol. The number of aryl methyl sites for hydroxylation is 1. The van der Waals surface area contributed by atoms with Crippen molar-refractivity contribution in [3.63, 3.8) is 0 Å². The minimum atomic E-state index is -1.14. The molecule has 0 radical (unpaired) electrons. The minimum Gasteiger partial charge on any atom is -0.683 e. The van der Waals surface area contributed by atoms with Crippen LogP contribution in [0.5, 0.6) is 11.5 Å². The van der Waals surface area contributed by atoms with Crippen molar-refractivity contribution in [2.45, 2.75) is 44.2 Å². The Kier molecular flexibility index (Phi) is 13.5. The quantitative estimate of drug-likeness (QED) is 0.113. The molecule has 4 amide bonds. The Bertz CT molecular complexity index is 1850. The van der Waals surface area contributed by atoms with Crippen LogP contribution in [-0.2, 0) is 28.9 Å². The van der Waals surface area contributed by atoms with Crippen LogP contribution in [0, 0.1) is 44.3 Å². The normalized spacial score (nSPS) is 13.9. The number of aliphatic hydroxyl groups is 1. The Balaban J connectivity index is 0.00000523. The van der Waals surface area contributed by atoms with E-state index in [1.54, 1.807) is 36.4 Å². The zero-order chi connectivity index (χ0) is 35.7. The van der Waals surface area contributed by atoms with Crippen molar-refractivity contribution in [2.24, 2.45) is 0 Å². The van der Waals surface area contributed by atoms with Crippen LogP contribution in [0.15, 0.2) is 91.0 Å². The molecule has 6 rings (SSSR count). The first-order valence-corrected chi connectivity index (χ1v) is 17.0. The maximum absolute atomic E-state index is 13.8. The molecule has 4 aromatic rings. The molecular formula is C40H40N4O7U. The van der Waals surface area contributed by atoms with Crippen molar-refractivity contribution in [1.29, 1.82) is 0 Å². The molecule has 52 heavy (non-hydrogen) atoms. The van der Waals surface area contributed by atoms with Gasteiger partial charge in [-0.2, -0.15) is 24.8 Å². The summed E-state index contributed by atoms with van der Waals surface area (Å²) in [5, 5.41) is 17.9. The van der Waals surface area contributed by atoms with Crippen molar-refractivity contribution in [3.05, 3.63) is 132 Å². The first-order chi connectivity index (χ1) is 24.8. The van der Waals surface area contributed by atoms with Gasteiger partial charge in [0, 0.05) is 32.5 Å². The number of aliphatic hydroxyl groups excluding tert-OH is 1. The number of hydrogen-bond donors (Lipinski definition) is 3. The zero-order valence-corrected chi connectivity index (χ0v) is 32.8. The van der Waals surface area contributed by atoms with E-state index in [0.717, 1.165) is 33.0 Å². The number of nitrogens with one attached hydrogen (secondary N) is 2. The van der Waals surface area contributed by atoms with Gasteiger partial charge < -0.3 is 30.1 Å². The Hall–Kier alpha value is -4.63. The smallest absolute Gasteiger partial charge is 0.683 e. The van der Waals surface area contributed by atoms with Crippen LogP contribution in [0.25, 0.3) is 0 Å². The van der Waals surface area contributed by atoms with E-state index in [4.69, 9.17) is 9.47 Å². The Labute approximate surface area is 327 Å². The molecule has 0 aromatic heterocycles. The largest absolute Gasteiger partial charge is 2.00 e. The molecule has 12 heteroatoms. The molecule has 0 saturated carbocycles. The molecule has 4 aromatic carbocycles. The van der Waals surface area contributed by atoms with Crippen LogP contribution in [0.1, 0.15) is 50.2 Å². The van der Waals surface area contributed by atoms with Gasteiger partial charge in [-0.3, -0.25) is 24.1 Å². The van der Waals surface area contributed by atoms with E-state index in [2.05, 4.69) is 23.8 Å². The summed E-state index contributed by atoms with van der Waals surface area (Å²) in [6.07, 6.45) is 0.176. The maximum Gasteiger partial charge on any atom is 2.00 e. The Morgan fingerprint density at radius 3 is 2.38 bits per heavy atom. The van der Waals surface area contributed by atoms with Crippen molar-refractivity contribution in [2.75, 3.05) is 31.7 Å². The molecular weight excluding hydrogens is 886 g/mol. The van der Waals surface area contributed by atoms with Crippen LogP contribution in [0.3, 0.4) is 0 Å². The fourth-order valence-corrected chi connectivity index (χ4v) is 6.35. The van der Waals surface area contributed by atoms with Gasteiger partial charge in [0.05, 0.1) is 29.0 Å². The number of hydrogen-bond acceptors (Lipinski definition) is 8. The van der Waals surface area contributed by atoms with Crippen molar-refractivity contribution in [1.82, 2.24) is 15.1 Å². The van der Waals surface area contributed by atoms with Gasteiger partial charge in [-0.1, -0.05) is 48.5 Å². The van der Waals surface area contributed by atoms with E-state index in [1.165, 1.54) is 4.90 Å². The molecule has 11 nitrogen and oxygen atoms in total. The number of benzene rings is 4. The van der Waals surface area contributed by atoms with Gasteiger partial charge in [0.2, 0.25) is 11.8 Å². The molecule has 266 valence electrons. The summed E-state index contributed by atoms with van der Waals surface area (Å²) in [7, 11) is 3.44. The van der Waals surface area contributed by atoms with Crippen LogP contribution < -0.4 is 20.1 Å². The number of ether oxygens (including phenoxy) is 2. The van der Waals surface area contributed by atoms with E-state index in [1.807, 2.05) is 54.6 Å². The van der Waals surface area contributed by atoms with Gasteiger partial charge in [-0.05, 0) is 60.4 Å². The number of fused-ring (bicyclic) bond motifs is 2. The van der Waals surface area contributed by atoms with Gasteiger partial charge in [-0.15, -0.1) is 12.1 Å². The average molecular weight is 927 g/mol. The number of nitrogens with zero attached hydrogens (tertiary/aromatic N) is 2. The zero-order valence-electron chi connectivity index (χ0n) is 28.7. The molecule has 0 aliphatic carbocycles. The third-order valence-electron chi connectivity index (χ3n) is 9.14. The second-order valence-corrected chi connectivity index (χ2v) is 12.6. The monoisotopic (exact) mass is 926 g/mol. The fraction of sp³-hybridized carbons (Fsp3) is 0.275. The summed E-state index contributed by atoms with van der Waals surface area (Å²) in [4.78, 5) is 55.7. The molecule has 3 N–H and O–H groups in total. The summed E-state index contributed by atoms with van der Waals surface area (Å²) in [5.74, 6) is -0.229. The van der Waals surface area contributed by atoms with Gasteiger partial charge in [0.25, 0.3) is 11.8 Å². The van der Waals surface area contributed by atoms with Gasteiger partial charge in [0.1, 0.15) is 5.75 Å². The molecule has 0 spiro atoms. The standard InChI is InChI=1S/C40H40N4O7.U/c1-50-30-11-7-10-28(22-30)18-20-43(38(47)19-21-44-39(48)31-12-5-6-13-32(31)40(44)49)25-35(45)33(23-27-8-3-2-4-9-27)42-37(46)17-15-29-14-16-36-34(24-29)41-26-51-36;/h2-10,12-14,16,22,24,33,35,41,45H,1,15,17-21,23,25-26H2,(H,42,46);/q-2;+2/t33?,35-;/m0./s1. The molecule has 1 unspecified atom stereocenters. The van der Waals surface area contributed by atoms with Crippen molar-refractivity contribution in [3.8, 4) is 11.5 Å². The third-order valence-corrected chi connectivity index (χ3v) is 9.14. The molecule has 2 aliphatic heterocycles. The predicted octanol–water partition coefficient (Wildman–Crippen LogP) is 4.20. The molecule has 2 aliphatic rings. The molecule has 0 saturated heterocycles. The molecule has 2 atom stereocenters. The summed E-state index contributed by atoms with van der Waals surface area (Å²) in [5.41, 5.74) is 4.27. The van der Waals surface area contributed by atoms with Crippen LogP contribution >= 0.6 is 0 Å². The summed E-state index contributed by atoms with van der Waals surface area (Å²) < 4.78 is 10.6. The molecule has 0 fully saturated rings. The van der Waals surface area contributed by atoms with Crippen LogP contribution in [-0.4, -0.2) is 77.0 Å². The first-order valence-electron chi connectivity index (χ1n) is 17.0. The second kappa shape index (κ2) is 18.2. The summed E-state index contributed by atoms with van der Waals surface area (Å²) in [6.45, 7) is 0.440. The van der Waals surface area contributed by atoms with Crippen molar-refractivity contribution < 1.29 is 64.9 Å². The minimum absolute atomic E-state index is 0. The number of amides is 4. The average Bonchev–Trinajstić information content (AvgIpc) is 3.72. The van der Waals surface area contributed by atoms with Gasteiger partial charge >= 0.3 is 31.1 Å². The van der Waals surface area contributed by atoms with Gasteiger partial charge in [-0.25, -0.2) is 0 Å². The maximum atomic E-state index is 13.8. The third kappa shape index (κ3) is 9.62. The van der Waals surface area contributed by atoms with E-state index in [9.17, 15) is 24.3 Å². The number of anilines is 1. The second-order valence-electron chi connectivity index (χ2n) is 12.6. The topological polar surface area (TPSA) is 138 Å². The molecule has 0 bridgehead atoms. The number of carbonyl (C=O) groups is 4. The first kappa shape index (κ1) is 38.6. The summed E-state index contributed by atoms with van der Waals surface area (Å²) in [6, 6.07) is 29.4. The Morgan fingerprint density at radius 1 is 0.942 bits per heavy atom.